The van der Waals surface area contributed by atoms with Gasteiger partial charge in [0.05, 0.1) is 11.4 Å². The van der Waals surface area contributed by atoms with Gasteiger partial charge < -0.3 is 11.1 Å². The van der Waals surface area contributed by atoms with E-state index in [9.17, 15) is 0 Å². The molecule has 3 N–H and O–H groups in total. The van der Waals surface area contributed by atoms with E-state index in [0.29, 0.717) is 11.5 Å². The SMILES string of the molecule is Cc1cccc(NC2CCC(C)(C)C2)c1N. The number of benzene rings is 1. The van der Waals surface area contributed by atoms with Crippen molar-refractivity contribution >= 4 is 11.4 Å². The number of para-hydroxylation sites is 1. The van der Waals surface area contributed by atoms with Gasteiger partial charge in [0.1, 0.15) is 0 Å². The third-order valence-electron chi connectivity index (χ3n) is 3.65. The summed E-state index contributed by atoms with van der Waals surface area (Å²) >= 11 is 0. The molecular formula is C14H22N2. The van der Waals surface area contributed by atoms with E-state index >= 15 is 0 Å². The Bertz CT molecular complexity index is 382. The van der Waals surface area contributed by atoms with Crippen LogP contribution < -0.4 is 11.1 Å². The van der Waals surface area contributed by atoms with Crippen molar-refractivity contribution in [3.05, 3.63) is 23.8 Å². The summed E-state index contributed by atoms with van der Waals surface area (Å²) in [6, 6.07) is 6.78. The fourth-order valence-corrected chi connectivity index (χ4v) is 2.59. The van der Waals surface area contributed by atoms with Gasteiger partial charge in [-0.1, -0.05) is 26.0 Å². The summed E-state index contributed by atoms with van der Waals surface area (Å²) in [6.45, 7) is 6.74. The second-order valence-electron chi connectivity index (χ2n) is 5.78. The maximum atomic E-state index is 6.07. The quantitative estimate of drug-likeness (QED) is 0.745. The van der Waals surface area contributed by atoms with Crippen molar-refractivity contribution in [2.75, 3.05) is 11.1 Å². The summed E-state index contributed by atoms with van der Waals surface area (Å²) in [6.07, 6.45) is 3.79. The zero-order chi connectivity index (χ0) is 11.8. The van der Waals surface area contributed by atoms with Crippen LogP contribution >= 0.6 is 0 Å². The molecule has 2 rings (SSSR count). The zero-order valence-electron chi connectivity index (χ0n) is 10.5. The Kier molecular flexibility index (Phi) is 2.83. The van der Waals surface area contributed by atoms with Crippen molar-refractivity contribution < 1.29 is 0 Å². The van der Waals surface area contributed by atoms with E-state index < -0.39 is 0 Å². The van der Waals surface area contributed by atoms with Gasteiger partial charge in [0.2, 0.25) is 0 Å². The third kappa shape index (κ3) is 2.31. The van der Waals surface area contributed by atoms with E-state index in [2.05, 4.69) is 44.3 Å². The number of anilines is 2. The second-order valence-corrected chi connectivity index (χ2v) is 5.78. The Morgan fingerprint density at radius 2 is 2.12 bits per heavy atom. The van der Waals surface area contributed by atoms with E-state index in [1.807, 2.05) is 0 Å². The summed E-state index contributed by atoms with van der Waals surface area (Å²) in [5.41, 5.74) is 9.70. The molecule has 2 nitrogen and oxygen atoms in total. The monoisotopic (exact) mass is 218 g/mol. The smallest absolute Gasteiger partial charge is 0.0579 e. The van der Waals surface area contributed by atoms with Crippen LogP contribution in [0, 0.1) is 12.3 Å². The molecule has 1 aliphatic carbocycles. The van der Waals surface area contributed by atoms with Gasteiger partial charge in [0.25, 0.3) is 0 Å². The summed E-state index contributed by atoms with van der Waals surface area (Å²) < 4.78 is 0. The zero-order valence-corrected chi connectivity index (χ0v) is 10.5. The molecule has 0 bridgehead atoms. The molecule has 0 aliphatic heterocycles. The summed E-state index contributed by atoms with van der Waals surface area (Å²) in [5, 5.41) is 3.58. The normalized spacial score (nSPS) is 23.3. The molecule has 1 atom stereocenters. The molecular weight excluding hydrogens is 196 g/mol. The molecule has 1 aliphatic rings. The molecule has 88 valence electrons. The van der Waals surface area contributed by atoms with Crippen LogP contribution in [-0.2, 0) is 0 Å². The Morgan fingerprint density at radius 1 is 1.38 bits per heavy atom. The van der Waals surface area contributed by atoms with Gasteiger partial charge in [0.15, 0.2) is 0 Å². The molecule has 0 aromatic heterocycles. The highest BCUT2D eigenvalue weighted by molar-refractivity contribution is 5.69. The Hall–Kier alpha value is -1.18. The second kappa shape index (κ2) is 4.00. The molecule has 0 amide bonds. The van der Waals surface area contributed by atoms with E-state index in [1.165, 1.54) is 19.3 Å². The van der Waals surface area contributed by atoms with Gasteiger partial charge in [-0.3, -0.25) is 0 Å². The lowest BCUT2D eigenvalue weighted by Gasteiger charge is -2.20. The van der Waals surface area contributed by atoms with Crippen LogP contribution in [0.4, 0.5) is 11.4 Å². The number of rotatable bonds is 2. The van der Waals surface area contributed by atoms with Gasteiger partial charge in [-0.2, -0.15) is 0 Å². The van der Waals surface area contributed by atoms with Crippen molar-refractivity contribution in [2.24, 2.45) is 5.41 Å². The van der Waals surface area contributed by atoms with Crippen molar-refractivity contribution in [3.63, 3.8) is 0 Å². The molecule has 1 unspecified atom stereocenters. The van der Waals surface area contributed by atoms with Crippen LogP contribution in [0.1, 0.15) is 38.7 Å². The van der Waals surface area contributed by atoms with Crippen LogP contribution in [-0.4, -0.2) is 6.04 Å². The van der Waals surface area contributed by atoms with Gasteiger partial charge >= 0.3 is 0 Å². The molecule has 0 spiro atoms. The molecule has 1 aromatic carbocycles. The predicted molar refractivity (Wildman–Crippen MR) is 70.6 cm³/mol. The number of nitrogens with two attached hydrogens (primary N) is 1. The molecule has 0 saturated heterocycles. The van der Waals surface area contributed by atoms with Crippen LogP contribution in [0.3, 0.4) is 0 Å². The number of aryl methyl sites for hydroxylation is 1. The van der Waals surface area contributed by atoms with Crippen molar-refractivity contribution in [1.82, 2.24) is 0 Å². The van der Waals surface area contributed by atoms with E-state index in [-0.39, 0.29) is 0 Å². The molecule has 1 fully saturated rings. The maximum absolute atomic E-state index is 6.07. The summed E-state index contributed by atoms with van der Waals surface area (Å²) in [4.78, 5) is 0. The predicted octanol–water partition coefficient (Wildman–Crippen LogP) is 3.57. The fraction of sp³-hybridized carbons (Fsp3) is 0.571. The lowest BCUT2D eigenvalue weighted by Crippen LogP contribution is -2.18. The van der Waals surface area contributed by atoms with Crippen LogP contribution in [0.15, 0.2) is 18.2 Å². The highest BCUT2D eigenvalue weighted by atomic mass is 14.9. The molecule has 0 radical (unpaired) electrons. The molecule has 16 heavy (non-hydrogen) atoms. The summed E-state index contributed by atoms with van der Waals surface area (Å²) in [7, 11) is 0. The minimum absolute atomic E-state index is 0.482. The Labute approximate surface area is 98.2 Å². The van der Waals surface area contributed by atoms with E-state index in [0.717, 1.165) is 16.9 Å². The first-order chi connectivity index (χ1) is 7.48. The van der Waals surface area contributed by atoms with Gasteiger partial charge in [-0.15, -0.1) is 0 Å². The first kappa shape index (κ1) is 11.3. The van der Waals surface area contributed by atoms with Gasteiger partial charge in [-0.25, -0.2) is 0 Å². The van der Waals surface area contributed by atoms with Crippen molar-refractivity contribution in [1.29, 1.82) is 0 Å². The first-order valence-corrected chi connectivity index (χ1v) is 6.09. The van der Waals surface area contributed by atoms with Gasteiger partial charge in [0, 0.05) is 6.04 Å². The molecule has 0 heterocycles. The molecule has 1 saturated carbocycles. The Morgan fingerprint density at radius 3 is 2.75 bits per heavy atom. The number of hydrogen-bond acceptors (Lipinski definition) is 2. The standard InChI is InChI=1S/C14H22N2/c1-10-5-4-6-12(13(10)15)16-11-7-8-14(2,3)9-11/h4-6,11,16H,7-9,15H2,1-3H3. The van der Waals surface area contributed by atoms with E-state index in [1.54, 1.807) is 0 Å². The van der Waals surface area contributed by atoms with E-state index in [4.69, 9.17) is 5.73 Å². The average molecular weight is 218 g/mol. The molecule has 1 aromatic rings. The third-order valence-corrected chi connectivity index (χ3v) is 3.65. The van der Waals surface area contributed by atoms with Crippen LogP contribution in [0.5, 0.6) is 0 Å². The number of nitrogen functional groups attached to an aromatic ring is 1. The first-order valence-electron chi connectivity index (χ1n) is 6.09. The van der Waals surface area contributed by atoms with Crippen LogP contribution in [0.2, 0.25) is 0 Å². The highest BCUT2D eigenvalue weighted by Crippen LogP contribution is 2.39. The highest BCUT2D eigenvalue weighted by Gasteiger charge is 2.30. The fourth-order valence-electron chi connectivity index (χ4n) is 2.59. The lowest BCUT2D eigenvalue weighted by molar-refractivity contribution is 0.378. The van der Waals surface area contributed by atoms with Crippen LogP contribution in [0.25, 0.3) is 0 Å². The molecule has 2 heteroatoms. The minimum atomic E-state index is 0.482. The van der Waals surface area contributed by atoms with Crippen molar-refractivity contribution in [2.45, 2.75) is 46.1 Å². The number of nitrogens with one attached hydrogen (secondary N) is 1. The Balaban J connectivity index is 2.08. The largest absolute Gasteiger partial charge is 0.397 e. The number of hydrogen-bond donors (Lipinski definition) is 2. The average Bonchev–Trinajstić information content (AvgIpc) is 2.53. The van der Waals surface area contributed by atoms with Gasteiger partial charge in [-0.05, 0) is 43.2 Å². The maximum Gasteiger partial charge on any atom is 0.0579 e. The topological polar surface area (TPSA) is 38.0 Å². The van der Waals surface area contributed by atoms with Crippen molar-refractivity contribution in [3.8, 4) is 0 Å². The lowest BCUT2D eigenvalue weighted by atomic mass is 9.92. The summed E-state index contributed by atoms with van der Waals surface area (Å²) in [5.74, 6) is 0. The minimum Gasteiger partial charge on any atom is -0.397 e.